The minimum atomic E-state index is -3.47. The van der Waals surface area contributed by atoms with Gasteiger partial charge < -0.3 is 20.1 Å². The van der Waals surface area contributed by atoms with E-state index in [0.29, 0.717) is 46.9 Å². The molecular weight excluding hydrogens is 551 g/mol. The number of sulfonamides is 1. The summed E-state index contributed by atoms with van der Waals surface area (Å²) in [6, 6.07) is 12.4. The summed E-state index contributed by atoms with van der Waals surface area (Å²) in [5.74, 6) is 1.86. The van der Waals surface area contributed by atoms with Gasteiger partial charge in [-0.3, -0.25) is 9.62 Å². The van der Waals surface area contributed by atoms with Gasteiger partial charge in [0, 0.05) is 18.3 Å². The fraction of sp³-hybridized carbons (Fsp3) is 0.360. The van der Waals surface area contributed by atoms with Gasteiger partial charge >= 0.3 is 0 Å². The lowest BCUT2D eigenvalue weighted by molar-refractivity contribution is 0.180. The van der Waals surface area contributed by atoms with E-state index in [9.17, 15) is 8.42 Å². The topological polar surface area (TPSA) is 118 Å². The number of ether oxygens (including phenoxy) is 2. The number of hydrogen-bond donors (Lipinski definition) is 3. The van der Waals surface area contributed by atoms with Crippen LogP contribution in [0.4, 0.5) is 28.8 Å². The molecule has 1 fully saturated rings. The van der Waals surface area contributed by atoms with Crippen molar-refractivity contribution in [1.82, 2.24) is 14.9 Å². The van der Waals surface area contributed by atoms with E-state index in [1.807, 2.05) is 18.2 Å². The Labute approximate surface area is 234 Å². The van der Waals surface area contributed by atoms with E-state index in [1.54, 1.807) is 31.4 Å². The van der Waals surface area contributed by atoms with Crippen LogP contribution in [0.2, 0.25) is 5.02 Å². The fourth-order valence-electron chi connectivity index (χ4n) is 3.98. The molecule has 3 aromatic rings. The highest BCUT2D eigenvalue weighted by Gasteiger charge is 2.13. The van der Waals surface area contributed by atoms with Crippen LogP contribution in [-0.2, 0) is 10.0 Å². The first-order valence-corrected chi connectivity index (χ1v) is 14.2. The lowest BCUT2D eigenvalue weighted by Crippen LogP contribution is -2.33. The molecular formula is C25H32Cl2N6O4S. The van der Waals surface area contributed by atoms with Crippen LogP contribution in [-0.4, -0.2) is 62.9 Å². The van der Waals surface area contributed by atoms with E-state index in [0.717, 1.165) is 25.9 Å². The first-order valence-electron chi connectivity index (χ1n) is 12.0. The average molecular weight is 584 g/mol. The molecule has 0 unspecified atom stereocenters. The highest BCUT2D eigenvalue weighted by Crippen LogP contribution is 2.33. The Bertz CT molecular complexity index is 1320. The molecule has 4 rings (SSSR count). The molecule has 0 amide bonds. The third-order valence-corrected chi connectivity index (χ3v) is 6.62. The van der Waals surface area contributed by atoms with Gasteiger partial charge in [-0.15, -0.1) is 12.4 Å². The maximum Gasteiger partial charge on any atom is 0.229 e. The first kappa shape index (κ1) is 29.6. The summed E-state index contributed by atoms with van der Waals surface area (Å²) in [4.78, 5) is 11.1. The second kappa shape index (κ2) is 13.7. The second-order valence-electron chi connectivity index (χ2n) is 8.68. The number of nitrogens with one attached hydrogen (secondary N) is 3. The number of aromatic nitrogens is 2. The molecule has 2 aromatic carbocycles. The Morgan fingerprint density at radius 3 is 2.47 bits per heavy atom. The zero-order chi connectivity index (χ0) is 26.3. The van der Waals surface area contributed by atoms with Crippen LogP contribution in [0.15, 0.2) is 48.7 Å². The molecule has 0 saturated carbocycles. The van der Waals surface area contributed by atoms with Crippen molar-refractivity contribution in [2.24, 2.45) is 0 Å². The van der Waals surface area contributed by atoms with Crippen LogP contribution in [0, 0.1) is 0 Å². The standard InChI is InChI=1S/C25H31ClN6O4S.ClH/c1-35-23-16-18(10-11-22(23)36-15-14-32-12-6-3-7-13-32)28-25-27-17-19(26)24(30-25)29-20-8-4-5-9-21(20)31-37(2,33)34;/h4-5,8-11,16-17,31H,3,6-7,12-15H2,1-2H3,(H2,27,28,29,30);1H. The largest absolute Gasteiger partial charge is 0.493 e. The minimum absolute atomic E-state index is 0. The summed E-state index contributed by atoms with van der Waals surface area (Å²) in [6.45, 7) is 3.73. The van der Waals surface area contributed by atoms with Crippen molar-refractivity contribution in [1.29, 1.82) is 0 Å². The third-order valence-electron chi connectivity index (χ3n) is 5.75. The quantitative estimate of drug-likeness (QED) is 0.277. The van der Waals surface area contributed by atoms with Gasteiger partial charge in [-0.1, -0.05) is 30.2 Å². The van der Waals surface area contributed by atoms with Gasteiger partial charge in [0.15, 0.2) is 17.3 Å². The highest BCUT2D eigenvalue weighted by molar-refractivity contribution is 7.92. The van der Waals surface area contributed by atoms with Gasteiger partial charge in [0.1, 0.15) is 11.6 Å². The summed E-state index contributed by atoms with van der Waals surface area (Å²) >= 11 is 6.31. The van der Waals surface area contributed by atoms with Crippen molar-refractivity contribution < 1.29 is 17.9 Å². The monoisotopic (exact) mass is 582 g/mol. The van der Waals surface area contributed by atoms with Crippen LogP contribution < -0.4 is 24.8 Å². The Morgan fingerprint density at radius 2 is 1.76 bits per heavy atom. The molecule has 0 bridgehead atoms. The number of halogens is 2. The van der Waals surface area contributed by atoms with Gasteiger partial charge in [-0.25, -0.2) is 13.4 Å². The molecule has 1 aliphatic rings. The molecule has 13 heteroatoms. The molecule has 38 heavy (non-hydrogen) atoms. The van der Waals surface area contributed by atoms with Crippen molar-refractivity contribution in [3.63, 3.8) is 0 Å². The minimum Gasteiger partial charge on any atom is -0.493 e. The summed E-state index contributed by atoms with van der Waals surface area (Å²) < 4.78 is 37.4. The molecule has 1 aromatic heterocycles. The number of nitrogens with zero attached hydrogens (tertiary/aromatic N) is 3. The molecule has 1 aliphatic heterocycles. The van der Waals surface area contributed by atoms with Crippen molar-refractivity contribution in [2.45, 2.75) is 19.3 Å². The average Bonchev–Trinajstić information content (AvgIpc) is 2.87. The summed E-state index contributed by atoms with van der Waals surface area (Å²) in [7, 11) is -1.87. The molecule has 0 spiro atoms. The molecule has 0 atom stereocenters. The number of benzene rings is 2. The maximum atomic E-state index is 11.7. The van der Waals surface area contributed by atoms with Gasteiger partial charge in [-0.2, -0.15) is 4.98 Å². The molecule has 1 saturated heterocycles. The molecule has 0 aliphatic carbocycles. The van der Waals surface area contributed by atoms with Crippen molar-refractivity contribution in [3.05, 3.63) is 53.7 Å². The number of para-hydroxylation sites is 2. The predicted molar refractivity (Wildman–Crippen MR) is 155 cm³/mol. The highest BCUT2D eigenvalue weighted by atomic mass is 35.5. The molecule has 2 heterocycles. The number of methoxy groups -OCH3 is 1. The Hall–Kier alpha value is -2.99. The number of hydrogen-bond acceptors (Lipinski definition) is 9. The third kappa shape index (κ3) is 8.52. The Morgan fingerprint density at radius 1 is 1.03 bits per heavy atom. The summed E-state index contributed by atoms with van der Waals surface area (Å²) in [5.41, 5.74) is 1.56. The predicted octanol–water partition coefficient (Wildman–Crippen LogP) is 5.28. The molecule has 10 nitrogen and oxygen atoms in total. The van der Waals surface area contributed by atoms with Gasteiger partial charge in [0.2, 0.25) is 16.0 Å². The Balaban J connectivity index is 0.00000400. The van der Waals surface area contributed by atoms with Crippen LogP contribution in [0.25, 0.3) is 0 Å². The molecule has 0 radical (unpaired) electrons. The van der Waals surface area contributed by atoms with Crippen LogP contribution in [0.1, 0.15) is 19.3 Å². The van der Waals surface area contributed by atoms with Crippen LogP contribution in [0.3, 0.4) is 0 Å². The summed E-state index contributed by atoms with van der Waals surface area (Å²) in [6.07, 6.45) is 6.35. The molecule has 3 N–H and O–H groups in total. The lowest BCUT2D eigenvalue weighted by atomic mass is 10.1. The lowest BCUT2D eigenvalue weighted by Gasteiger charge is -2.26. The SMILES string of the molecule is COc1cc(Nc2ncc(Cl)c(Nc3ccccc3NS(C)(=O)=O)n2)ccc1OCCN1CCCCC1.Cl. The van der Waals surface area contributed by atoms with E-state index in [-0.39, 0.29) is 17.4 Å². The first-order chi connectivity index (χ1) is 17.8. The normalized spacial score (nSPS) is 13.8. The van der Waals surface area contributed by atoms with E-state index >= 15 is 0 Å². The molecule has 206 valence electrons. The van der Waals surface area contributed by atoms with Gasteiger partial charge in [0.25, 0.3) is 0 Å². The van der Waals surface area contributed by atoms with Gasteiger partial charge in [0.05, 0.1) is 30.9 Å². The fourth-order valence-corrected chi connectivity index (χ4v) is 4.70. The van der Waals surface area contributed by atoms with E-state index in [4.69, 9.17) is 21.1 Å². The number of anilines is 5. The summed E-state index contributed by atoms with van der Waals surface area (Å²) in [5, 5.41) is 6.49. The van der Waals surface area contributed by atoms with Crippen molar-refractivity contribution >= 4 is 62.9 Å². The zero-order valence-corrected chi connectivity index (χ0v) is 23.6. The number of rotatable bonds is 11. The van der Waals surface area contributed by atoms with E-state index < -0.39 is 10.0 Å². The number of piperidine rings is 1. The van der Waals surface area contributed by atoms with Crippen LogP contribution >= 0.6 is 24.0 Å². The van der Waals surface area contributed by atoms with Crippen molar-refractivity contribution in [3.8, 4) is 11.5 Å². The van der Waals surface area contributed by atoms with E-state index in [2.05, 4.69) is 30.2 Å². The smallest absolute Gasteiger partial charge is 0.229 e. The zero-order valence-electron chi connectivity index (χ0n) is 21.2. The number of likely N-dealkylation sites (tertiary alicyclic amines) is 1. The maximum absolute atomic E-state index is 11.7. The van der Waals surface area contributed by atoms with Gasteiger partial charge in [-0.05, 0) is 50.2 Å². The van der Waals surface area contributed by atoms with Crippen LogP contribution in [0.5, 0.6) is 11.5 Å². The van der Waals surface area contributed by atoms with E-state index in [1.165, 1.54) is 25.5 Å². The Kier molecular flexibility index (Phi) is 10.7. The second-order valence-corrected chi connectivity index (χ2v) is 10.8. The van der Waals surface area contributed by atoms with Crippen molar-refractivity contribution in [2.75, 3.05) is 55.0 Å².